The third-order valence-electron chi connectivity index (χ3n) is 6.44. The van der Waals surface area contributed by atoms with Gasteiger partial charge in [-0.1, -0.05) is 0 Å². The molecule has 0 fully saturated rings. The van der Waals surface area contributed by atoms with Gasteiger partial charge < -0.3 is 20.9 Å². The lowest BCUT2D eigenvalue weighted by Gasteiger charge is -2.26. The van der Waals surface area contributed by atoms with Crippen molar-refractivity contribution >= 4 is 33.3 Å². The van der Waals surface area contributed by atoms with E-state index in [-0.39, 0.29) is 36.5 Å². The average molecular weight is 562 g/mol. The molecule has 4 N–H and O–H groups in total. The van der Waals surface area contributed by atoms with E-state index in [9.17, 15) is 26.8 Å². The largest absolute Gasteiger partial charge is 0.373 e. The van der Waals surface area contributed by atoms with Crippen molar-refractivity contribution in [3.05, 3.63) is 70.4 Å². The van der Waals surface area contributed by atoms with E-state index in [2.05, 4.69) is 15.5 Å². The number of amides is 2. The molecule has 1 aromatic heterocycles. The Balaban J connectivity index is 1.56. The number of sulfonamides is 1. The van der Waals surface area contributed by atoms with E-state index < -0.39 is 38.4 Å². The highest BCUT2D eigenvalue weighted by atomic mass is 32.2. The molecule has 3 aromatic rings. The minimum absolute atomic E-state index is 0.0171. The highest BCUT2D eigenvalue weighted by Gasteiger charge is 2.32. The molecule has 2 aromatic carbocycles. The number of halogens is 2. The lowest BCUT2D eigenvalue weighted by atomic mass is 10.0. The smallest absolute Gasteiger partial charge is 0.257 e. The Morgan fingerprint density at radius 2 is 1.77 bits per heavy atom. The first-order valence-corrected chi connectivity index (χ1v) is 13.4. The molecule has 2 heterocycles. The van der Waals surface area contributed by atoms with Gasteiger partial charge in [0, 0.05) is 62.7 Å². The fourth-order valence-corrected chi connectivity index (χ4v) is 5.68. The molecule has 0 bridgehead atoms. The van der Waals surface area contributed by atoms with Crippen LogP contribution < -0.4 is 16.0 Å². The Morgan fingerprint density at radius 1 is 1.08 bits per heavy atom. The van der Waals surface area contributed by atoms with Gasteiger partial charge in [0.2, 0.25) is 15.9 Å². The van der Waals surface area contributed by atoms with Crippen molar-refractivity contribution in [3.8, 4) is 0 Å². The molecule has 208 valence electrons. The van der Waals surface area contributed by atoms with Crippen LogP contribution in [0.3, 0.4) is 0 Å². The summed E-state index contributed by atoms with van der Waals surface area (Å²) < 4.78 is 54.6. The number of hydrogen-bond acceptors (Lipinski definition) is 7. The molecule has 11 nitrogen and oxygen atoms in total. The van der Waals surface area contributed by atoms with Gasteiger partial charge in [0.05, 0.1) is 16.0 Å². The van der Waals surface area contributed by atoms with Crippen molar-refractivity contribution in [2.24, 2.45) is 5.73 Å². The van der Waals surface area contributed by atoms with Crippen molar-refractivity contribution in [3.63, 3.8) is 0 Å². The van der Waals surface area contributed by atoms with E-state index in [1.807, 2.05) is 30.9 Å². The Labute approximate surface area is 224 Å². The van der Waals surface area contributed by atoms with Gasteiger partial charge in [-0.25, -0.2) is 17.2 Å². The maximum absolute atomic E-state index is 13.7. The zero-order valence-electron chi connectivity index (χ0n) is 21.7. The first kappa shape index (κ1) is 28.1. The third-order valence-corrected chi connectivity index (χ3v) is 8.26. The molecular formula is C25H29F2N7O4S. The van der Waals surface area contributed by atoms with Crippen molar-refractivity contribution < 1.29 is 26.8 Å². The van der Waals surface area contributed by atoms with Crippen LogP contribution in [0.5, 0.6) is 0 Å². The number of anilines is 2. The molecule has 0 unspecified atom stereocenters. The van der Waals surface area contributed by atoms with Gasteiger partial charge in [0.1, 0.15) is 11.6 Å². The molecule has 0 atom stereocenters. The maximum Gasteiger partial charge on any atom is 0.257 e. The highest BCUT2D eigenvalue weighted by Crippen LogP contribution is 2.29. The van der Waals surface area contributed by atoms with Crippen LogP contribution in [0.25, 0.3) is 0 Å². The molecular weight excluding hydrogens is 532 g/mol. The van der Waals surface area contributed by atoms with Gasteiger partial charge >= 0.3 is 0 Å². The standard InChI is InChI=1S/C25H29F2N7O4S/c1-32(2)8-9-33(3)17-4-5-19(20(13-17)23(28)35)25(36)29-24-21-14-34(7-6-22(21)30-31-24)39(37,38)18-11-15(26)10-16(27)12-18/h4-5,10-13H,6-9,14H2,1-3H3,(H2,28,35)(H2,29,30,31,36). The predicted molar refractivity (Wildman–Crippen MR) is 141 cm³/mol. The van der Waals surface area contributed by atoms with Crippen LogP contribution in [-0.4, -0.2) is 80.4 Å². The summed E-state index contributed by atoms with van der Waals surface area (Å²) in [6, 6.07) is 6.82. The highest BCUT2D eigenvalue weighted by molar-refractivity contribution is 7.89. The number of nitrogens with zero attached hydrogens (tertiary/aromatic N) is 4. The van der Waals surface area contributed by atoms with E-state index in [1.165, 1.54) is 6.07 Å². The van der Waals surface area contributed by atoms with Crippen LogP contribution in [0.2, 0.25) is 0 Å². The first-order valence-electron chi connectivity index (χ1n) is 12.0. The number of rotatable bonds is 9. The summed E-state index contributed by atoms with van der Waals surface area (Å²) in [5.41, 5.74) is 7.33. The Morgan fingerprint density at radius 3 is 2.41 bits per heavy atom. The van der Waals surface area contributed by atoms with Crippen LogP contribution in [0.1, 0.15) is 32.0 Å². The topological polar surface area (TPSA) is 145 Å². The minimum atomic E-state index is -4.24. The monoisotopic (exact) mass is 561 g/mol. The molecule has 1 aliphatic rings. The average Bonchev–Trinajstić information content (AvgIpc) is 3.28. The summed E-state index contributed by atoms with van der Waals surface area (Å²) in [7, 11) is 1.51. The molecule has 1 aliphatic heterocycles. The second-order valence-electron chi connectivity index (χ2n) is 9.50. The van der Waals surface area contributed by atoms with Crippen molar-refractivity contribution in [1.29, 1.82) is 0 Å². The number of likely N-dealkylation sites (N-methyl/N-ethyl adjacent to an activating group) is 2. The van der Waals surface area contributed by atoms with Gasteiger partial charge in [0.25, 0.3) is 5.91 Å². The number of fused-ring (bicyclic) bond motifs is 1. The first-order chi connectivity index (χ1) is 18.4. The molecule has 39 heavy (non-hydrogen) atoms. The lowest BCUT2D eigenvalue weighted by molar-refractivity contribution is 0.0977. The second kappa shape index (κ2) is 11.1. The lowest BCUT2D eigenvalue weighted by Crippen LogP contribution is -2.36. The van der Waals surface area contributed by atoms with Crippen molar-refractivity contribution in [1.82, 2.24) is 19.4 Å². The quantitative estimate of drug-likeness (QED) is 0.361. The number of nitrogens with one attached hydrogen (secondary N) is 2. The number of nitrogens with two attached hydrogens (primary N) is 1. The third kappa shape index (κ3) is 6.08. The predicted octanol–water partition coefficient (Wildman–Crippen LogP) is 1.78. The molecule has 14 heteroatoms. The minimum Gasteiger partial charge on any atom is -0.373 e. The maximum atomic E-state index is 13.7. The number of aromatic amines is 1. The Kier molecular flexibility index (Phi) is 7.99. The number of H-pyrrole nitrogens is 1. The van der Waals surface area contributed by atoms with Gasteiger partial charge in [-0.05, 0) is 44.4 Å². The molecule has 0 radical (unpaired) electrons. The molecule has 0 saturated carbocycles. The van der Waals surface area contributed by atoms with E-state index in [1.54, 1.807) is 12.1 Å². The van der Waals surface area contributed by atoms with E-state index >= 15 is 0 Å². The Hall–Kier alpha value is -3.88. The summed E-state index contributed by atoms with van der Waals surface area (Å²) in [6.07, 6.45) is 0.232. The summed E-state index contributed by atoms with van der Waals surface area (Å²) >= 11 is 0. The molecule has 0 aliphatic carbocycles. The van der Waals surface area contributed by atoms with Gasteiger partial charge in [0.15, 0.2) is 5.82 Å². The summed E-state index contributed by atoms with van der Waals surface area (Å²) in [6.45, 7) is 1.30. The number of carbonyl (C=O) groups excluding carboxylic acids is 2. The number of hydrogen-bond donors (Lipinski definition) is 3. The summed E-state index contributed by atoms with van der Waals surface area (Å²) in [5, 5.41) is 9.53. The zero-order valence-corrected chi connectivity index (χ0v) is 22.5. The van der Waals surface area contributed by atoms with E-state index in [4.69, 9.17) is 5.73 Å². The van der Waals surface area contributed by atoms with Crippen LogP contribution in [0.4, 0.5) is 20.3 Å². The van der Waals surface area contributed by atoms with Crippen LogP contribution in [-0.2, 0) is 23.0 Å². The van der Waals surface area contributed by atoms with Crippen LogP contribution in [0, 0.1) is 11.6 Å². The molecule has 4 rings (SSSR count). The van der Waals surface area contributed by atoms with Gasteiger partial charge in [-0.15, -0.1) is 0 Å². The number of primary amides is 1. The summed E-state index contributed by atoms with van der Waals surface area (Å²) in [4.78, 5) is 28.8. The SMILES string of the molecule is CN(C)CCN(C)c1ccc(C(=O)Nc2n[nH]c3c2CN(S(=O)(=O)c2cc(F)cc(F)c2)CC3)c(C(N)=O)c1. The molecule has 0 saturated heterocycles. The van der Waals surface area contributed by atoms with Gasteiger partial charge in [-0.3, -0.25) is 14.7 Å². The van der Waals surface area contributed by atoms with Crippen molar-refractivity contribution in [2.75, 3.05) is 51.0 Å². The number of carbonyl (C=O) groups is 2. The zero-order chi connectivity index (χ0) is 28.5. The fourth-order valence-electron chi connectivity index (χ4n) is 4.23. The Bertz CT molecular complexity index is 1500. The second-order valence-corrected chi connectivity index (χ2v) is 11.4. The van der Waals surface area contributed by atoms with Gasteiger partial charge in [-0.2, -0.15) is 9.40 Å². The van der Waals surface area contributed by atoms with Crippen LogP contribution in [0.15, 0.2) is 41.3 Å². The normalized spacial score (nSPS) is 13.8. The fraction of sp³-hybridized carbons (Fsp3) is 0.320. The van der Waals surface area contributed by atoms with E-state index in [0.717, 1.165) is 23.0 Å². The molecule has 2 amide bonds. The molecule has 0 spiro atoms. The van der Waals surface area contributed by atoms with Crippen molar-refractivity contribution in [2.45, 2.75) is 17.9 Å². The number of benzene rings is 2. The van der Waals surface area contributed by atoms with Crippen LogP contribution >= 0.6 is 0 Å². The summed E-state index contributed by atoms with van der Waals surface area (Å²) in [5.74, 6) is -3.40. The van der Waals surface area contributed by atoms with E-state index in [0.29, 0.717) is 29.6 Å². The number of aromatic nitrogens is 2.